The molecule has 6 nitrogen and oxygen atoms in total. The maximum Gasteiger partial charge on any atom is 2.00 e. The average Bonchev–Trinajstić information content (AvgIpc) is 1.25. The Bertz CT molecular complexity index is 81.5. The van der Waals surface area contributed by atoms with Crippen molar-refractivity contribution < 1.29 is 32.9 Å². The van der Waals surface area contributed by atoms with Gasteiger partial charge in [0.05, 0.1) is 0 Å². The first-order chi connectivity index (χ1) is 3.46. The number of carbonyl (C=O) groups is 2. The van der Waals surface area contributed by atoms with Crippen LogP contribution in [0.5, 0.6) is 0 Å². The molecule has 8 heteroatoms. The quantitative estimate of drug-likeness (QED) is 0.397. The van der Waals surface area contributed by atoms with Crippen LogP contribution < -0.4 is 10.2 Å². The summed E-state index contributed by atoms with van der Waals surface area (Å²) < 4.78 is 0. The van der Waals surface area contributed by atoms with Crippen molar-refractivity contribution in [2.24, 2.45) is 0 Å². The molecule has 0 aliphatic rings. The zero-order chi connectivity index (χ0) is 7.15. The molecule has 2 N–H and O–H groups in total. The van der Waals surface area contributed by atoms with Gasteiger partial charge in [-0.25, -0.2) is 0 Å². The molecule has 0 aliphatic heterocycles. The summed E-state index contributed by atoms with van der Waals surface area (Å²) in [4.78, 5) is 16.9. The standard InChI is InChI=1S/2CH2O3.Ca.Mg.2H/c2*2-1(3)4;;;;/h2*(H2,2,3,4);;;;/q;;2*+2;2*-1/p-2. The summed E-state index contributed by atoms with van der Waals surface area (Å²) in [5.74, 6) is 0. The Labute approximate surface area is 105 Å². The van der Waals surface area contributed by atoms with Crippen LogP contribution in [0.2, 0.25) is 0 Å². The Morgan fingerprint density at radius 3 is 1.10 bits per heavy atom. The van der Waals surface area contributed by atoms with Gasteiger partial charge in [0.25, 0.3) is 0 Å². The fourth-order valence-electron chi connectivity index (χ4n) is 0. The topological polar surface area (TPSA) is 121 Å². The van der Waals surface area contributed by atoms with E-state index in [1.54, 1.807) is 0 Å². The van der Waals surface area contributed by atoms with Crippen LogP contribution in [0.15, 0.2) is 0 Å². The van der Waals surface area contributed by atoms with Crippen molar-refractivity contribution in [3.63, 3.8) is 0 Å². The fraction of sp³-hybridized carbons (Fsp3) is 0. The Hall–Kier alpha value is 0.566. The molecule has 0 radical (unpaired) electrons. The molecule has 0 aromatic rings. The minimum absolute atomic E-state index is 0. The van der Waals surface area contributed by atoms with Gasteiger partial charge in [-0.15, -0.1) is 0 Å². The molecule has 0 saturated heterocycles. The van der Waals surface area contributed by atoms with E-state index in [0.717, 1.165) is 0 Å². The predicted molar refractivity (Wildman–Crippen MR) is 29.8 cm³/mol. The van der Waals surface area contributed by atoms with E-state index in [4.69, 9.17) is 30.0 Å². The van der Waals surface area contributed by atoms with E-state index in [1.807, 2.05) is 0 Å². The van der Waals surface area contributed by atoms with Gasteiger partial charge in [0.2, 0.25) is 12.3 Å². The van der Waals surface area contributed by atoms with Crippen LogP contribution in [0.4, 0.5) is 9.59 Å². The summed E-state index contributed by atoms with van der Waals surface area (Å²) in [5, 5.41) is 30.6. The van der Waals surface area contributed by atoms with E-state index in [2.05, 4.69) is 0 Å². The van der Waals surface area contributed by atoms with E-state index in [1.165, 1.54) is 0 Å². The van der Waals surface area contributed by atoms with Crippen molar-refractivity contribution >= 4 is 73.1 Å². The van der Waals surface area contributed by atoms with Crippen LogP contribution in [0.25, 0.3) is 0 Å². The molecule has 0 fully saturated rings. The van der Waals surface area contributed by atoms with E-state index in [9.17, 15) is 0 Å². The first-order valence-corrected chi connectivity index (χ1v) is 1.26. The maximum absolute atomic E-state index is 8.44. The third-order valence-corrected chi connectivity index (χ3v) is 0. The molecule has 0 atom stereocenters. The molecular weight excluding hydrogens is 184 g/mol. The van der Waals surface area contributed by atoms with Crippen LogP contribution >= 0.6 is 0 Å². The van der Waals surface area contributed by atoms with Crippen LogP contribution in [0.3, 0.4) is 0 Å². The molecule has 0 aliphatic carbocycles. The SMILES string of the molecule is O=C([O-])O.O=C([O-])O.[Ca+2].[H-].[H-].[Mg+2]. The molecule has 0 heterocycles. The Morgan fingerprint density at radius 1 is 1.10 bits per heavy atom. The Kier molecular flexibility index (Phi) is 36.5. The molecule has 0 unspecified atom stereocenters. The summed E-state index contributed by atoms with van der Waals surface area (Å²) in [5.41, 5.74) is 0. The minimum Gasteiger partial charge on any atom is -1.00 e. The molecule has 0 spiro atoms. The van der Waals surface area contributed by atoms with E-state index >= 15 is 0 Å². The van der Waals surface area contributed by atoms with Crippen molar-refractivity contribution in [3.05, 3.63) is 0 Å². The molecule has 0 amide bonds. The predicted octanol–water partition coefficient (Wildman–Crippen LogP) is -2.76. The maximum atomic E-state index is 8.44. The van der Waals surface area contributed by atoms with Gasteiger partial charge in [0.15, 0.2) is 0 Å². The Balaban J connectivity index is -0.0000000112. The monoisotopic (exact) mass is 188 g/mol. The average molecular weight is 188 g/mol. The first kappa shape index (κ1) is 22.4. The largest absolute Gasteiger partial charge is 2.00 e. The van der Waals surface area contributed by atoms with E-state index in [-0.39, 0.29) is 63.6 Å². The van der Waals surface area contributed by atoms with Gasteiger partial charge in [0.1, 0.15) is 0 Å². The fourth-order valence-corrected chi connectivity index (χ4v) is 0. The van der Waals surface area contributed by atoms with Crippen LogP contribution in [-0.4, -0.2) is 83.3 Å². The zero-order valence-corrected chi connectivity index (χ0v) is 8.56. The van der Waals surface area contributed by atoms with Crippen molar-refractivity contribution in [1.29, 1.82) is 0 Å². The normalized spacial score (nSPS) is 4.80. The van der Waals surface area contributed by atoms with Crippen LogP contribution in [0.1, 0.15) is 2.85 Å². The second-order valence-corrected chi connectivity index (χ2v) is 0.532. The second kappa shape index (κ2) is 16.3. The molecule has 52 valence electrons. The Morgan fingerprint density at radius 2 is 1.10 bits per heavy atom. The minimum atomic E-state index is -2.08. The number of carboxylic acid groups (broad SMARTS) is 4. The summed E-state index contributed by atoms with van der Waals surface area (Å²) in [7, 11) is 0. The number of rotatable bonds is 0. The number of hydrogen-bond acceptors (Lipinski definition) is 4. The first-order valence-electron chi connectivity index (χ1n) is 1.26. The molecule has 10 heavy (non-hydrogen) atoms. The van der Waals surface area contributed by atoms with Gasteiger partial charge in [-0.2, -0.15) is 0 Å². The summed E-state index contributed by atoms with van der Waals surface area (Å²) in [6.45, 7) is 0. The van der Waals surface area contributed by atoms with Crippen LogP contribution in [-0.2, 0) is 0 Å². The van der Waals surface area contributed by atoms with Crippen molar-refractivity contribution in [2.75, 3.05) is 0 Å². The third-order valence-electron chi connectivity index (χ3n) is 0. The van der Waals surface area contributed by atoms with Crippen molar-refractivity contribution in [1.82, 2.24) is 0 Å². The van der Waals surface area contributed by atoms with Gasteiger partial charge < -0.3 is 32.9 Å². The van der Waals surface area contributed by atoms with Gasteiger partial charge in [-0.3, -0.25) is 0 Å². The van der Waals surface area contributed by atoms with Crippen molar-refractivity contribution in [3.8, 4) is 0 Å². The van der Waals surface area contributed by atoms with Gasteiger partial charge in [-0.05, 0) is 0 Å². The molecule has 0 aromatic heterocycles. The van der Waals surface area contributed by atoms with Gasteiger partial charge in [0, 0.05) is 0 Å². The van der Waals surface area contributed by atoms with Gasteiger partial charge in [-0.1, -0.05) is 0 Å². The van der Waals surface area contributed by atoms with E-state index in [0.29, 0.717) is 0 Å². The van der Waals surface area contributed by atoms with E-state index < -0.39 is 12.3 Å². The molecule has 0 bridgehead atoms. The van der Waals surface area contributed by atoms with Crippen LogP contribution in [0, 0.1) is 0 Å². The summed E-state index contributed by atoms with van der Waals surface area (Å²) >= 11 is 0. The summed E-state index contributed by atoms with van der Waals surface area (Å²) in [6.07, 6.45) is -4.17. The molecule has 0 saturated carbocycles. The number of hydrogen-bond donors (Lipinski definition) is 2. The zero-order valence-electron chi connectivity index (χ0n) is 6.94. The smallest absolute Gasteiger partial charge is 1.00 e. The van der Waals surface area contributed by atoms with Crippen molar-refractivity contribution in [2.45, 2.75) is 0 Å². The molecular formula is C2H4CaMgO6. The summed E-state index contributed by atoms with van der Waals surface area (Å²) in [6, 6.07) is 0. The third kappa shape index (κ3) is 1530. The second-order valence-electron chi connectivity index (χ2n) is 0.532. The molecule has 0 aromatic carbocycles. The van der Waals surface area contributed by atoms with Gasteiger partial charge >= 0.3 is 60.8 Å². The molecule has 0 rings (SSSR count).